The first-order valence-corrected chi connectivity index (χ1v) is 7.60. The molecule has 0 atom stereocenters. The number of allylic oxidation sites excluding steroid dienone is 1. The Labute approximate surface area is 134 Å². The van der Waals surface area contributed by atoms with Crippen LogP contribution in [0.15, 0.2) is 61.2 Å². The van der Waals surface area contributed by atoms with Crippen molar-refractivity contribution in [2.45, 2.75) is 19.9 Å². The lowest BCUT2D eigenvalue weighted by Crippen LogP contribution is -2.10. The van der Waals surface area contributed by atoms with Gasteiger partial charge in [0, 0.05) is 22.5 Å². The van der Waals surface area contributed by atoms with Gasteiger partial charge in [-0.2, -0.15) is 0 Å². The lowest BCUT2D eigenvalue weighted by Gasteiger charge is -2.14. The van der Waals surface area contributed by atoms with Crippen molar-refractivity contribution >= 4 is 16.7 Å². The maximum Gasteiger partial charge on any atom is 0.202 e. The van der Waals surface area contributed by atoms with E-state index in [0.717, 1.165) is 22.0 Å². The maximum absolute atomic E-state index is 13.3. The number of halogens is 1. The molecule has 0 radical (unpaired) electrons. The highest BCUT2D eigenvalue weighted by atomic mass is 19.1. The van der Waals surface area contributed by atoms with E-state index in [-0.39, 0.29) is 17.6 Å². The van der Waals surface area contributed by atoms with Gasteiger partial charge in [0.25, 0.3) is 0 Å². The molecule has 23 heavy (non-hydrogen) atoms. The van der Waals surface area contributed by atoms with Crippen LogP contribution >= 0.6 is 0 Å². The maximum atomic E-state index is 13.3. The van der Waals surface area contributed by atoms with E-state index in [9.17, 15) is 9.18 Å². The SMILES string of the molecule is C=CC(=O)c1c(-c2ccc(F)cc2)c2ccccc2n1C(C)C. The van der Waals surface area contributed by atoms with Crippen LogP contribution in [0, 0.1) is 5.82 Å². The Bertz CT molecular complexity index is 888. The summed E-state index contributed by atoms with van der Waals surface area (Å²) in [6.45, 7) is 7.72. The van der Waals surface area contributed by atoms with E-state index in [1.807, 2.05) is 42.7 Å². The van der Waals surface area contributed by atoms with Gasteiger partial charge >= 0.3 is 0 Å². The van der Waals surface area contributed by atoms with E-state index in [2.05, 4.69) is 6.58 Å². The number of para-hydroxylation sites is 1. The van der Waals surface area contributed by atoms with Crippen LogP contribution in [0.5, 0.6) is 0 Å². The molecule has 0 N–H and O–H groups in total. The van der Waals surface area contributed by atoms with Crippen molar-refractivity contribution in [1.29, 1.82) is 0 Å². The summed E-state index contributed by atoms with van der Waals surface area (Å²) in [7, 11) is 0. The standard InChI is InChI=1S/C20H18FNO/c1-4-18(23)20-19(14-9-11-15(21)12-10-14)16-7-5-6-8-17(16)22(20)13(2)3/h4-13H,1H2,2-3H3. The van der Waals surface area contributed by atoms with Crippen molar-refractivity contribution in [3.05, 3.63) is 72.7 Å². The highest BCUT2D eigenvalue weighted by molar-refractivity contribution is 6.14. The molecule has 3 heteroatoms. The van der Waals surface area contributed by atoms with E-state index in [4.69, 9.17) is 0 Å². The Balaban J connectivity index is 2.45. The molecule has 0 unspecified atom stereocenters. The smallest absolute Gasteiger partial charge is 0.202 e. The first kappa shape index (κ1) is 15.2. The van der Waals surface area contributed by atoms with E-state index in [1.165, 1.54) is 18.2 Å². The minimum absolute atomic E-state index is 0.119. The molecule has 0 amide bonds. The van der Waals surface area contributed by atoms with Crippen molar-refractivity contribution in [1.82, 2.24) is 4.57 Å². The van der Waals surface area contributed by atoms with Crippen LogP contribution in [0.1, 0.15) is 30.4 Å². The predicted molar refractivity (Wildman–Crippen MR) is 92.2 cm³/mol. The van der Waals surface area contributed by atoms with Crippen LogP contribution in [-0.4, -0.2) is 10.4 Å². The number of carbonyl (C=O) groups is 1. The Morgan fingerprint density at radius 1 is 1.13 bits per heavy atom. The van der Waals surface area contributed by atoms with Crippen molar-refractivity contribution < 1.29 is 9.18 Å². The fourth-order valence-electron chi connectivity index (χ4n) is 3.05. The summed E-state index contributed by atoms with van der Waals surface area (Å²) in [5, 5.41) is 0.984. The number of carbonyl (C=O) groups excluding carboxylic acids is 1. The number of nitrogens with zero attached hydrogens (tertiary/aromatic N) is 1. The Morgan fingerprint density at radius 3 is 2.39 bits per heavy atom. The molecule has 2 nitrogen and oxygen atoms in total. The number of ketones is 1. The van der Waals surface area contributed by atoms with Gasteiger partial charge in [-0.25, -0.2) is 4.39 Å². The molecule has 0 saturated heterocycles. The molecule has 0 fully saturated rings. The van der Waals surface area contributed by atoms with Gasteiger partial charge in [0.15, 0.2) is 0 Å². The molecule has 0 aliphatic carbocycles. The van der Waals surface area contributed by atoms with Crippen LogP contribution in [0.3, 0.4) is 0 Å². The average Bonchev–Trinajstić information content (AvgIpc) is 2.90. The van der Waals surface area contributed by atoms with E-state index in [1.54, 1.807) is 12.1 Å². The van der Waals surface area contributed by atoms with Crippen molar-refractivity contribution in [2.75, 3.05) is 0 Å². The van der Waals surface area contributed by atoms with Crippen LogP contribution in [-0.2, 0) is 0 Å². The van der Waals surface area contributed by atoms with Gasteiger partial charge in [-0.3, -0.25) is 4.79 Å². The molecule has 116 valence electrons. The molecule has 3 aromatic rings. The number of benzene rings is 2. The highest BCUT2D eigenvalue weighted by Crippen LogP contribution is 2.37. The van der Waals surface area contributed by atoms with Crippen LogP contribution in [0.2, 0.25) is 0 Å². The van der Waals surface area contributed by atoms with Gasteiger partial charge in [-0.15, -0.1) is 0 Å². The summed E-state index contributed by atoms with van der Waals surface area (Å²) >= 11 is 0. The molecule has 0 saturated carbocycles. The third-order valence-electron chi connectivity index (χ3n) is 3.98. The van der Waals surface area contributed by atoms with Gasteiger partial charge in [0.05, 0.1) is 5.69 Å². The molecular weight excluding hydrogens is 289 g/mol. The lowest BCUT2D eigenvalue weighted by molar-refractivity contribution is 0.103. The average molecular weight is 307 g/mol. The van der Waals surface area contributed by atoms with E-state index in [0.29, 0.717) is 5.69 Å². The van der Waals surface area contributed by atoms with Crippen molar-refractivity contribution in [3.63, 3.8) is 0 Å². The molecule has 3 rings (SSSR count). The van der Waals surface area contributed by atoms with E-state index < -0.39 is 0 Å². The van der Waals surface area contributed by atoms with Gasteiger partial charge in [0.2, 0.25) is 5.78 Å². The number of rotatable bonds is 4. The first-order valence-electron chi connectivity index (χ1n) is 7.60. The van der Waals surface area contributed by atoms with Crippen LogP contribution in [0.25, 0.3) is 22.0 Å². The summed E-state index contributed by atoms with van der Waals surface area (Å²) in [5.41, 5.74) is 3.25. The summed E-state index contributed by atoms with van der Waals surface area (Å²) in [4.78, 5) is 12.6. The monoisotopic (exact) mass is 307 g/mol. The summed E-state index contributed by atoms with van der Waals surface area (Å²) in [6.07, 6.45) is 1.33. The second-order valence-corrected chi connectivity index (χ2v) is 5.78. The Hall–Kier alpha value is -2.68. The number of hydrogen-bond donors (Lipinski definition) is 0. The van der Waals surface area contributed by atoms with Gasteiger partial charge in [-0.1, -0.05) is 36.9 Å². The molecular formula is C20H18FNO. The highest BCUT2D eigenvalue weighted by Gasteiger charge is 2.23. The summed E-state index contributed by atoms with van der Waals surface area (Å²) < 4.78 is 15.3. The minimum Gasteiger partial charge on any atom is -0.335 e. The number of aromatic nitrogens is 1. The number of fused-ring (bicyclic) bond motifs is 1. The quantitative estimate of drug-likeness (QED) is 0.467. The van der Waals surface area contributed by atoms with Gasteiger partial charge in [0.1, 0.15) is 5.82 Å². The zero-order valence-corrected chi connectivity index (χ0v) is 13.2. The predicted octanol–water partition coefficient (Wildman–Crippen LogP) is 5.40. The first-order chi connectivity index (χ1) is 11.0. The normalized spacial score (nSPS) is 11.1. The van der Waals surface area contributed by atoms with Crippen molar-refractivity contribution in [3.8, 4) is 11.1 Å². The second kappa shape index (κ2) is 5.84. The largest absolute Gasteiger partial charge is 0.335 e. The van der Waals surface area contributed by atoms with Gasteiger partial charge < -0.3 is 4.57 Å². The molecule has 1 aromatic heterocycles. The summed E-state index contributed by atoms with van der Waals surface area (Å²) in [6, 6.07) is 14.3. The van der Waals surface area contributed by atoms with Crippen LogP contribution < -0.4 is 0 Å². The van der Waals surface area contributed by atoms with Crippen LogP contribution in [0.4, 0.5) is 4.39 Å². The second-order valence-electron chi connectivity index (χ2n) is 5.78. The minimum atomic E-state index is -0.294. The Kier molecular flexibility index (Phi) is 3.87. The fraction of sp³-hybridized carbons (Fsp3) is 0.150. The molecule has 0 spiro atoms. The number of hydrogen-bond acceptors (Lipinski definition) is 1. The fourth-order valence-corrected chi connectivity index (χ4v) is 3.05. The molecule has 1 heterocycles. The lowest BCUT2D eigenvalue weighted by atomic mass is 10.00. The summed E-state index contributed by atoms with van der Waals surface area (Å²) in [5.74, 6) is -0.424. The topological polar surface area (TPSA) is 22.0 Å². The van der Waals surface area contributed by atoms with Gasteiger partial charge in [-0.05, 0) is 43.7 Å². The molecule has 0 aliphatic heterocycles. The zero-order valence-electron chi connectivity index (χ0n) is 13.2. The molecule has 0 aliphatic rings. The van der Waals surface area contributed by atoms with E-state index >= 15 is 0 Å². The zero-order chi connectivity index (χ0) is 16.6. The third-order valence-corrected chi connectivity index (χ3v) is 3.98. The molecule has 0 bridgehead atoms. The Morgan fingerprint density at radius 2 is 1.78 bits per heavy atom. The molecule has 2 aromatic carbocycles. The third kappa shape index (κ3) is 2.48. The van der Waals surface area contributed by atoms with Crippen molar-refractivity contribution in [2.24, 2.45) is 0 Å².